The molecule has 7 N–H and O–H groups in total. The molecular weight excluding hydrogens is 916 g/mol. The number of hydrogen-bond donors (Lipinski definition) is 6. The summed E-state index contributed by atoms with van der Waals surface area (Å²) in [7, 11) is -6.90. The molecule has 0 saturated carbocycles. The number of anilines is 1. The molecule has 7 rings (SSSR count). The number of carboxylic acids is 1. The number of nitro groups is 1. The van der Waals surface area contributed by atoms with Gasteiger partial charge in [-0.15, -0.1) is 30.7 Å². The number of hydrogen-bond acceptors (Lipinski definition) is 18. The molecule has 7 aromatic rings. The number of nitrogen functional groups attached to an aromatic ring is 1. The standard InChI is InChI=1S/C41H30N8O14S2.Na/c1-62-34-16-20(3-11-31(34)44-47-38-25-8-7-24(64(56,57)58)15-22(25)5-14-33(38)50)21-4-12-32(35(17-21)63-2)45-48-39-36(65(59,60)61)19-27-26(40(39)51)9-10-29(42)37(27)46-43-30-13-6-23(49(54)55)18-28(30)41(52)53;/h3-19,50-51H,42H2,1-2H3,(H,52,53)(H,56,57,58)(H,59,60,61);. The van der Waals surface area contributed by atoms with Crippen LogP contribution in [0.1, 0.15) is 10.4 Å². The summed E-state index contributed by atoms with van der Waals surface area (Å²) in [6, 6.07) is 22.4. The van der Waals surface area contributed by atoms with E-state index in [9.17, 15) is 56.2 Å². The van der Waals surface area contributed by atoms with Crippen LogP contribution in [0.4, 0.5) is 45.5 Å². The number of aromatic carboxylic acids is 1. The van der Waals surface area contributed by atoms with Gasteiger partial charge in [0.25, 0.3) is 25.9 Å². The fourth-order valence-corrected chi connectivity index (χ4v) is 7.62. The molecule has 0 heterocycles. The van der Waals surface area contributed by atoms with Gasteiger partial charge in [0, 0.05) is 57.8 Å². The number of nitrogens with zero attached hydrogens (tertiary/aromatic N) is 7. The van der Waals surface area contributed by atoms with Crippen LogP contribution in [0.25, 0.3) is 32.7 Å². The SMILES string of the molecule is COc1cc(-c2ccc(N=Nc3c(O)ccc4cc(S(=O)(=O)O)ccc34)c(OC)c2)ccc1N=Nc1c(S(=O)(=O)O)cc2c(N=Nc3ccc([N+](=O)[O-])cc3C(=O)O)c(N)ccc2c1O.[Na]. The van der Waals surface area contributed by atoms with Crippen molar-refractivity contribution in [1.82, 2.24) is 0 Å². The summed E-state index contributed by atoms with van der Waals surface area (Å²) in [4.78, 5) is 21.0. The van der Waals surface area contributed by atoms with E-state index in [0.717, 1.165) is 30.3 Å². The molecular formula is C41H30N8NaO14S2. The normalized spacial score (nSPS) is 12.0. The van der Waals surface area contributed by atoms with E-state index >= 15 is 0 Å². The second kappa shape index (κ2) is 18.9. The van der Waals surface area contributed by atoms with Crippen molar-refractivity contribution in [2.45, 2.75) is 9.79 Å². The zero-order valence-electron chi connectivity index (χ0n) is 34.2. The Bertz CT molecular complexity index is 3480. The number of phenols is 2. The third kappa shape index (κ3) is 9.78. The van der Waals surface area contributed by atoms with E-state index in [0.29, 0.717) is 21.9 Å². The number of azo groups is 3. The first kappa shape index (κ1) is 48.0. The van der Waals surface area contributed by atoms with Gasteiger partial charge in [0.05, 0.1) is 35.3 Å². The summed E-state index contributed by atoms with van der Waals surface area (Å²) in [5.74, 6) is -2.19. The second-order valence-electron chi connectivity index (χ2n) is 13.6. The molecule has 0 bridgehead atoms. The summed E-state index contributed by atoms with van der Waals surface area (Å²) >= 11 is 0. The molecule has 1 radical (unpaired) electrons. The minimum atomic E-state index is -5.15. The molecule has 0 saturated heterocycles. The summed E-state index contributed by atoms with van der Waals surface area (Å²) in [5, 5.41) is 67.6. The average Bonchev–Trinajstić information content (AvgIpc) is 3.26. The van der Waals surface area contributed by atoms with E-state index in [1.165, 1.54) is 56.7 Å². The van der Waals surface area contributed by atoms with Crippen molar-refractivity contribution in [3.8, 4) is 34.1 Å². The molecule has 0 aliphatic carbocycles. The van der Waals surface area contributed by atoms with Gasteiger partial charge in [-0.1, -0.05) is 24.3 Å². The molecule has 0 fully saturated rings. The van der Waals surface area contributed by atoms with Crippen LogP contribution in [0, 0.1) is 10.1 Å². The predicted octanol–water partition coefficient (Wildman–Crippen LogP) is 9.64. The molecule has 22 nitrogen and oxygen atoms in total. The summed E-state index contributed by atoms with van der Waals surface area (Å²) in [6.45, 7) is 0. The van der Waals surface area contributed by atoms with Crippen molar-refractivity contribution in [3.05, 3.63) is 119 Å². The third-order valence-electron chi connectivity index (χ3n) is 9.64. The van der Waals surface area contributed by atoms with E-state index in [4.69, 9.17) is 15.2 Å². The Morgan fingerprint density at radius 1 is 0.636 bits per heavy atom. The van der Waals surface area contributed by atoms with Gasteiger partial charge in [-0.05, 0) is 83.2 Å². The van der Waals surface area contributed by atoms with Gasteiger partial charge in [-0.2, -0.15) is 16.8 Å². The number of non-ortho nitro benzene ring substituents is 1. The number of methoxy groups -OCH3 is 2. The van der Waals surface area contributed by atoms with E-state index < -0.39 is 58.7 Å². The molecule has 331 valence electrons. The first-order valence-electron chi connectivity index (χ1n) is 18.2. The Kier molecular flexibility index (Phi) is 13.8. The molecule has 0 amide bonds. The fraction of sp³-hybridized carbons (Fsp3) is 0.0488. The monoisotopic (exact) mass is 945 g/mol. The Hall–Kier alpha value is -7.45. The van der Waals surface area contributed by atoms with Crippen LogP contribution in [-0.4, -0.2) is 95.9 Å². The summed E-state index contributed by atoms with van der Waals surface area (Å²) in [5.41, 5.74) is 5.15. The zero-order chi connectivity index (χ0) is 47.0. The van der Waals surface area contributed by atoms with E-state index in [1.807, 2.05) is 0 Å². The number of nitrogens with two attached hydrogens (primary N) is 1. The van der Waals surface area contributed by atoms with Crippen LogP contribution in [0.15, 0.2) is 144 Å². The third-order valence-corrected chi connectivity index (χ3v) is 11.4. The maximum atomic E-state index is 12.7. The van der Waals surface area contributed by atoms with Crippen molar-refractivity contribution in [2.24, 2.45) is 30.7 Å². The topological polar surface area (TPSA) is 348 Å². The molecule has 25 heteroatoms. The fourth-order valence-electron chi connectivity index (χ4n) is 6.46. The van der Waals surface area contributed by atoms with Gasteiger partial charge in [-0.25, -0.2) is 4.79 Å². The number of aromatic hydroxyl groups is 2. The predicted molar refractivity (Wildman–Crippen MR) is 239 cm³/mol. The number of benzene rings is 7. The van der Waals surface area contributed by atoms with Crippen molar-refractivity contribution in [2.75, 3.05) is 20.0 Å². The molecule has 0 aliphatic heterocycles. The van der Waals surface area contributed by atoms with Gasteiger partial charge in [0.2, 0.25) is 0 Å². The largest absolute Gasteiger partial charge is 0.506 e. The number of carboxylic acid groups (broad SMARTS) is 1. The van der Waals surface area contributed by atoms with Crippen LogP contribution in [-0.2, 0) is 20.2 Å². The van der Waals surface area contributed by atoms with Gasteiger partial charge >= 0.3 is 5.97 Å². The van der Waals surface area contributed by atoms with E-state index in [1.54, 1.807) is 30.3 Å². The Balaban J connectivity index is 0.00000720. The van der Waals surface area contributed by atoms with E-state index in [2.05, 4.69) is 30.7 Å². The summed E-state index contributed by atoms with van der Waals surface area (Å²) < 4.78 is 79.5. The molecule has 0 aromatic heterocycles. The van der Waals surface area contributed by atoms with Gasteiger partial charge in [-0.3, -0.25) is 19.2 Å². The molecule has 0 atom stereocenters. The number of phenolic OH excluding ortho intramolecular Hbond substituents is 2. The maximum absolute atomic E-state index is 12.7. The van der Waals surface area contributed by atoms with Crippen molar-refractivity contribution in [1.29, 1.82) is 0 Å². The van der Waals surface area contributed by atoms with Gasteiger partial charge in [0.15, 0.2) is 5.75 Å². The van der Waals surface area contributed by atoms with Crippen molar-refractivity contribution < 1.29 is 60.5 Å². The minimum Gasteiger partial charge on any atom is -0.506 e. The number of nitro benzene ring substituents is 1. The number of ether oxygens (including phenoxy) is 2. The van der Waals surface area contributed by atoms with Crippen molar-refractivity contribution >= 4 is 123 Å². The smallest absolute Gasteiger partial charge is 0.338 e. The van der Waals surface area contributed by atoms with Crippen LogP contribution in [0.5, 0.6) is 23.0 Å². The first-order chi connectivity index (χ1) is 30.8. The first-order valence-corrected chi connectivity index (χ1v) is 21.1. The number of fused-ring (bicyclic) bond motifs is 2. The van der Waals surface area contributed by atoms with Crippen LogP contribution in [0.3, 0.4) is 0 Å². The summed E-state index contributed by atoms with van der Waals surface area (Å²) in [6.07, 6.45) is 0. The number of rotatable bonds is 13. The van der Waals surface area contributed by atoms with Crippen LogP contribution < -0.4 is 15.2 Å². The maximum Gasteiger partial charge on any atom is 0.338 e. The second-order valence-corrected chi connectivity index (χ2v) is 16.4. The minimum absolute atomic E-state index is 0. The number of carbonyl (C=O) groups is 1. The quantitative estimate of drug-likeness (QED) is 0.0156. The molecule has 66 heavy (non-hydrogen) atoms. The Morgan fingerprint density at radius 2 is 1.20 bits per heavy atom. The zero-order valence-corrected chi connectivity index (χ0v) is 37.9. The van der Waals surface area contributed by atoms with Gasteiger partial charge < -0.3 is 30.5 Å². The molecule has 0 spiro atoms. The Labute approximate surface area is 394 Å². The molecule has 0 unspecified atom stereocenters. The van der Waals surface area contributed by atoms with Crippen LogP contribution in [0.2, 0.25) is 0 Å². The molecule has 0 aliphatic rings. The average molecular weight is 946 g/mol. The van der Waals surface area contributed by atoms with Crippen molar-refractivity contribution in [3.63, 3.8) is 0 Å². The van der Waals surface area contributed by atoms with Crippen LogP contribution >= 0.6 is 0 Å². The Morgan fingerprint density at radius 3 is 1.76 bits per heavy atom. The molecule has 7 aromatic carbocycles. The van der Waals surface area contributed by atoms with Gasteiger partial charge in [0.1, 0.15) is 56.3 Å². The van der Waals surface area contributed by atoms with E-state index in [-0.39, 0.29) is 96.6 Å².